The molecule has 30 heavy (non-hydrogen) atoms. The highest BCUT2D eigenvalue weighted by atomic mass is 32.2. The summed E-state index contributed by atoms with van der Waals surface area (Å²) in [7, 11) is 3.24. The Labute approximate surface area is 182 Å². The predicted molar refractivity (Wildman–Crippen MR) is 121 cm³/mol. The number of thioether (sulfide) groups is 1. The first-order valence-corrected chi connectivity index (χ1v) is 10.8. The van der Waals surface area contributed by atoms with Crippen molar-refractivity contribution in [3.63, 3.8) is 0 Å². The van der Waals surface area contributed by atoms with E-state index in [4.69, 9.17) is 9.47 Å². The van der Waals surface area contributed by atoms with Gasteiger partial charge in [0.2, 0.25) is 0 Å². The highest BCUT2D eigenvalue weighted by Gasteiger charge is 2.35. The third-order valence-electron chi connectivity index (χ3n) is 4.63. The standard InChI is InChI=1S/C23H19NO4S2/c1-27-17-8-6-15(7-9-17)14-24-22(25)21(30-23(24)26)13-19-10-11-20(29-19)16-4-3-5-18(12-16)28-2/h3-13H,14H2,1-2H3/b21-13-. The number of carbonyl (C=O) groups is 2. The number of nitrogens with zero attached hydrogens (tertiary/aromatic N) is 1. The first-order valence-electron chi connectivity index (χ1n) is 9.20. The van der Waals surface area contributed by atoms with Gasteiger partial charge in [-0.2, -0.15) is 0 Å². The summed E-state index contributed by atoms with van der Waals surface area (Å²) in [6.07, 6.45) is 1.78. The van der Waals surface area contributed by atoms with Crippen molar-refractivity contribution in [1.82, 2.24) is 4.90 Å². The minimum absolute atomic E-state index is 0.242. The quantitative estimate of drug-likeness (QED) is 0.465. The Morgan fingerprint density at radius 1 is 0.933 bits per heavy atom. The Kier molecular flexibility index (Phi) is 5.92. The van der Waals surface area contributed by atoms with Crippen molar-refractivity contribution < 1.29 is 19.1 Å². The summed E-state index contributed by atoms with van der Waals surface area (Å²) in [5, 5.41) is -0.258. The maximum Gasteiger partial charge on any atom is 0.293 e. The molecule has 0 bridgehead atoms. The second-order valence-corrected chi connectivity index (χ2v) is 8.66. The van der Waals surface area contributed by atoms with E-state index in [-0.39, 0.29) is 17.7 Å². The maximum absolute atomic E-state index is 12.8. The zero-order chi connectivity index (χ0) is 21.1. The Morgan fingerprint density at radius 2 is 1.70 bits per heavy atom. The molecular weight excluding hydrogens is 418 g/mol. The second-order valence-electron chi connectivity index (χ2n) is 6.55. The molecule has 0 spiro atoms. The van der Waals surface area contributed by atoms with Gasteiger partial charge in [-0.1, -0.05) is 24.3 Å². The maximum atomic E-state index is 12.8. The number of benzene rings is 2. The van der Waals surface area contributed by atoms with Gasteiger partial charge in [-0.05, 0) is 65.4 Å². The number of carbonyl (C=O) groups excluding carboxylic acids is 2. The fraction of sp³-hybridized carbons (Fsp3) is 0.130. The summed E-state index contributed by atoms with van der Waals surface area (Å²) in [6.45, 7) is 0.242. The van der Waals surface area contributed by atoms with E-state index >= 15 is 0 Å². The van der Waals surface area contributed by atoms with Crippen LogP contribution in [0.25, 0.3) is 16.5 Å². The molecule has 1 aliphatic heterocycles. The molecule has 152 valence electrons. The van der Waals surface area contributed by atoms with Crippen molar-refractivity contribution in [2.75, 3.05) is 14.2 Å². The highest BCUT2D eigenvalue weighted by molar-refractivity contribution is 8.18. The molecule has 3 aromatic rings. The zero-order valence-corrected chi connectivity index (χ0v) is 18.1. The average Bonchev–Trinajstić information content (AvgIpc) is 3.35. The molecule has 0 unspecified atom stereocenters. The number of hydrogen-bond acceptors (Lipinski definition) is 6. The molecule has 2 heterocycles. The van der Waals surface area contributed by atoms with Crippen LogP contribution < -0.4 is 9.47 Å². The van der Waals surface area contributed by atoms with E-state index < -0.39 is 0 Å². The number of ether oxygens (including phenoxy) is 2. The molecule has 1 saturated heterocycles. The Hall–Kier alpha value is -3.03. The van der Waals surface area contributed by atoms with Crippen molar-refractivity contribution >= 4 is 40.3 Å². The van der Waals surface area contributed by atoms with Crippen molar-refractivity contribution in [3.8, 4) is 21.9 Å². The fourth-order valence-corrected chi connectivity index (χ4v) is 4.89. The smallest absolute Gasteiger partial charge is 0.293 e. The van der Waals surface area contributed by atoms with Gasteiger partial charge in [-0.3, -0.25) is 14.5 Å². The van der Waals surface area contributed by atoms with Crippen LogP contribution in [0.1, 0.15) is 10.4 Å². The van der Waals surface area contributed by atoms with E-state index in [9.17, 15) is 9.59 Å². The van der Waals surface area contributed by atoms with Crippen LogP contribution in [-0.4, -0.2) is 30.3 Å². The number of imide groups is 1. The van der Waals surface area contributed by atoms with Crippen LogP contribution in [0.15, 0.2) is 65.6 Å². The number of thiophene rings is 1. The molecule has 7 heteroatoms. The molecule has 0 N–H and O–H groups in total. The van der Waals surface area contributed by atoms with E-state index in [0.717, 1.165) is 44.1 Å². The number of amides is 2. The molecule has 1 fully saturated rings. The van der Waals surface area contributed by atoms with E-state index in [1.54, 1.807) is 31.6 Å². The van der Waals surface area contributed by atoms with Crippen LogP contribution >= 0.6 is 23.1 Å². The van der Waals surface area contributed by atoms with Gasteiger partial charge in [0.15, 0.2) is 0 Å². The molecule has 1 aliphatic rings. The summed E-state index contributed by atoms with van der Waals surface area (Å²) in [4.78, 5) is 28.9. The summed E-state index contributed by atoms with van der Waals surface area (Å²) in [6, 6.07) is 19.1. The summed E-state index contributed by atoms with van der Waals surface area (Å²) in [5.41, 5.74) is 1.92. The minimum Gasteiger partial charge on any atom is -0.497 e. The van der Waals surface area contributed by atoms with Gasteiger partial charge in [-0.25, -0.2) is 0 Å². The zero-order valence-electron chi connectivity index (χ0n) is 16.5. The molecule has 0 aliphatic carbocycles. The van der Waals surface area contributed by atoms with Gasteiger partial charge in [-0.15, -0.1) is 11.3 Å². The normalized spacial score (nSPS) is 15.1. The molecule has 5 nitrogen and oxygen atoms in total. The molecule has 1 aromatic heterocycles. The molecule has 0 saturated carbocycles. The van der Waals surface area contributed by atoms with Crippen molar-refractivity contribution in [1.29, 1.82) is 0 Å². The van der Waals surface area contributed by atoms with E-state index in [1.807, 2.05) is 60.7 Å². The number of methoxy groups -OCH3 is 2. The van der Waals surface area contributed by atoms with Gasteiger partial charge >= 0.3 is 0 Å². The lowest BCUT2D eigenvalue weighted by atomic mass is 10.2. The monoisotopic (exact) mass is 437 g/mol. The Morgan fingerprint density at radius 3 is 2.43 bits per heavy atom. The number of hydrogen-bond donors (Lipinski definition) is 0. The third-order valence-corrected chi connectivity index (χ3v) is 6.62. The van der Waals surface area contributed by atoms with Crippen LogP contribution in [0.4, 0.5) is 4.79 Å². The fourth-order valence-electron chi connectivity index (χ4n) is 3.04. The van der Waals surface area contributed by atoms with Crippen molar-refractivity contribution in [3.05, 3.63) is 76.0 Å². The van der Waals surface area contributed by atoms with Crippen LogP contribution in [-0.2, 0) is 11.3 Å². The van der Waals surface area contributed by atoms with Gasteiger partial charge in [0.05, 0.1) is 25.7 Å². The minimum atomic E-state index is -0.267. The van der Waals surface area contributed by atoms with Gasteiger partial charge in [0.25, 0.3) is 11.1 Å². The van der Waals surface area contributed by atoms with Gasteiger partial charge in [0, 0.05) is 9.75 Å². The predicted octanol–water partition coefficient (Wildman–Crippen LogP) is 5.67. The second kappa shape index (κ2) is 8.77. The van der Waals surface area contributed by atoms with Crippen LogP contribution in [0.2, 0.25) is 0 Å². The molecule has 0 atom stereocenters. The molecular formula is C23H19NO4S2. The summed E-state index contributed by atoms with van der Waals surface area (Å²) in [5.74, 6) is 1.26. The lowest BCUT2D eigenvalue weighted by molar-refractivity contribution is -0.123. The van der Waals surface area contributed by atoms with Gasteiger partial charge in [0.1, 0.15) is 11.5 Å². The first kappa shape index (κ1) is 20.3. The first-order chi connectivity index (χ1) is 14.6. The molecule has 0 radical (unpaired) electrons. The third kappa shape index (κ3) is 4.27. The van der Waals surface area contributed by atoms with Crippen LogP contribution in [0.5, 0.6) is 11.5 Å². The lowest BCUT2D eigenvalue weighted by Crippen LogP contribution is -2.27. The van der Waals surface area contributed by atoms with Gasteiger partial charge < -0.3 is 9.47 Å². The SMILES string of the molecule is COc1ccc(CN2C(=O)S/C(=C\c3ccc(-c4cccc(OC)c4)s3)C2=O)cc1. The van der Waals surface area contributed by atoms with E-state index in [0.29, 0.717) is 4.91 Å². The molecule has 2 aromatic carbocycles. The van der Waals surface area contributed by atoms with E-state index in [1.165, 1.54) is 4.90 Å². The highest BCUT2D eigenvalue weighted by Crippen LogP contribution is 2.36. The number of rotatable bonds is 6. The lowest BCUT2D eigenvalue weighted by Gasteiger charge is -2.12. The average molecular weight is 438 g/mol. The summed E-state index contributed by atoms with van der Waals surface area (Å²) < 4.78 is 10.4. The topological polar surface area (TPSA) is 55.8 Å². The Balaban J connectivity index is 1.51. The van der Waals surface area contributed by atoms with Crippen LogP contribution in [0.3, 0.4) is 0 Å². The van der Waals surface area contributed by atoms with Crippen LogP contribution in [0, 0.1) is 0 Å². The van der Waals surface area contributed by atoms with Crippen molar-refractivity contribution in [2.24, 2.45) is 0 Å². The molecule has 4 rings (SSSR count). The van der Waals surface area contributed by atoms with Crippen molar-refractivity contribution in [2.45, 2.75) is 6.54 Å². The largest absolute Gasteiger partial charge is 0.497 e. The molecule has 2 amide bonds. The Bertz CT molecular complexity index is 1120. The summed E-state index contributed by atoms with van der Waals surface area (Å²) >= 11 is 2.54. The van der Waals surface area contributed by atoms with E-state index in [2.05, 4.69) is 0 Å².